The van der Waals surface area contributed by atoms with Gasteiger partial charge < -0.3 is 19.7 Å². The number of alkyl halides is 2. The number of aliphatic hydroxyl groups excluding tert-OH is 2. The second-order valence-corrected chi connectivity index (χ2v) is 11.7. The average Bonchev–Trinajstić information content (AvgIpc) is 2.43. The number of hydrogen-bond acceptors (Lipinski definition) is 4. The van der Waals surface area contributed by atoms with Crippen molar-refractivity contribution in [3.05, 3.63) is 45.4 Å². The van der Waals surface area contributed by atoms with Crippen molar-refractivity contribution in [3.63, 3.8) is 0 Å². The molecule has 2 aliphatic carbocycles. The lowest BCUT2D eigenvalue weighted by Gasteiger charge is -2.43. The summed E-state index contributed by atoms with van der Waals surface area (Å²) in [5.41, 5.74) is -0.185. The zero-order valence-electron chi connectivity index (χ0n) is 15.5. The summed E-state index contributed by atoms with van der Waals surface area (Å²) in [6.45, 7) is 7.53. The molecule has 0 aromatic carbocycles. The van der Waals surface area contributed by atoms with E-state index in [0.717, 1.165) is 8.96 Å². The van der Waals surface area contributed by atoms with Crippen molar-refractivity contribution in [1.29, 1.82) is 0 Å². The van der Waals surface area contributed by atoms with Gasteiger partial charge >= 0.3 is 0 Å². The van der Waals surface area contributed by atoms with Gasteiger partial charge in [0.2, 0.25) is 0 Å². The van der Waals surface area contributed by atoms with E-state index in [4.69, 9.17) is 9.47 Å². The van der Waals surface area contributed by atoms with Gasteiger partial charge in [-0.3, -0.25) is 0 Å². The van der Waals surface area contributed by atoms with Crippen LogP contribution in [0.3, 0.4) is 0 Å². The Labute approximate surface area is 194 Å². The normalized spacial score (nSPS) is 36.2. The quantitative estimate of drug-likeness (QED) is 0.219. The lowest BCUT2D eigenvalue weighted by atomic mass is 9.67. The van der Waals surface area contributed by atoms with Gasteiger partial charge in [-0.1, -0.05) is 57.9 Å². The lowest BCUT2D eigenvalue weighted by molar-refractivity contribution is -0.106. The minimum Gasteiger partial charge on any atom is -0.368 e. The van der Waals surface area contributed by atoms with E-state index in [-0.39, 0.29) is 17.3 Å². The molecule has 0 heterocycles. The van der Waals surface area contributed by atoms with Gasteiger partial charge in [-0.15, -0.1) is 0 Å². The highest BCUT2D eigenvalue weighted by Crippen LogP contribution is 2.52. The Kier molecular flexibility index (Phi) is 7.85. The maximum absolute atomic E-state index is 9.54. The molecule has 6 unspecified atom stereocenters. The molecule has 0 aromatic heterocycles. The van der Waals surface area contributed by atoms with Gasteiger partial charge in [-0.05, 0) is 75.4 Å². The van der Waals surface area contributed by atoms with Gasteiger partial charge in [0.1, 0.15) is 0 Å². The van der Waals surface area contributed by atoms with Crippen molar-refractivity contribution >= 4 is 63.7 Å². The number of halogens is 4. The molecule has 27 heavy (non-hydrogen) atoms. The Morgan fingerprint density at radius 3 is 1.48 bits per heavy atom. The smallest absolute Gasteiger partial charge is 0.164 e. The highest BCUT2D eigenvalue weighted by molar-refractivity contribution is 9.12. The Morgan fingerprint density at radius 2 is 1.22 bits per heavy atom. The van der Waals surface area contributed by atoms with Crippen LogP contribution in [0.25, 0.3) is 0 Å². The lowest BCUT2D eigenvalue weighted by Crippen LogP contribution is -2.37. The molecular weight excluding hydrogens is 612 g/mol. The summed E-state index contributed by atoms with van der Waals surface area (Å²) in [7, 11) is 0. The van der Waals surface area contributed by atoms with E-state index in [1.165, 1.54) is 0 Å². The molecule has 0 radical (unpaired) electrons. The Hall–Kier alpha value is 0.720. The number of hydrogen-bond donors (Lipinski definition) is 2. The number of aliphatic hydroxyl groups is 2. The first-order valence-corrected chi connectivity index (χ1v) is 11.7. The molecule has 0 saturated heterocycles. The fourth-order valence-electron chi connectivity index (χ4n) is 3.36. The summed E-state index contributed by atoms with van der Waals surface area (Å²) >= 11 is 14.4. The summed E-state index contributed by atoms with van der Waals surface area (Å²) in [5, 5.41) is 19.1. The van der Waals surface area contributed by atoms with Crippen molar-refractivity contribution in [1.82, 2.24) is 0 Å². The van der Waals surface area contributed by atoms with Crippen LogP contribution in [-0.4, -0.2) is 31.8 Å². The number of allylic oxidation sites excluding steroid dienone is 4. The first-order chi connectivity index (χ1) is 12.3. The molecule has 0 saturated carbocycles. The molecular formula is C19H24Br4O4. The van der Waals surface area contributed by atoms with E-state index < -0.39 is 21.6 Å². The Bertz CT molecular complexity index is 627. The van der Waals surface area contributed by atoms with E-state index in [1.807, 2.05) is 24.3 Å². The Balaban J connectivity index is 2.25. The van der Waals surface area contributed by atoms with Crippen LogP contribution in [0.5, 0.6) is 0 Å². The third-order valence-corrected chi connectivity index (χ3v) is 7.41. The van der Waals surface area contributed by atoms with Gasteiger partial charge in [0.05, 0.1) is 0 Å². The van der Waals surface area contributed by atoms with Gasteiger partial charge in [-0.25, -0.2) is 0 Å². The van der Waals surface area contributed by atoms with Crippen molar-refractivity contribution in [3.8, 4) is 0 Å². The van der Waals surface area contributed by atoms with Crippen LogP contribution in [0, 0.1) is 17.3 Å². The zero-order valence-corrected chi connectivity index (χ0v) is 21.8. The molecule has 0 aliphatic heterocycles. The third-order valence-electron chi connectivity index (χ3n) is 4.60. The third kappa shape index (κ3) is 5.87. The molecule has 0 amide bonds. The van der Waals surface area contributed by atoms with Crippen LogP contribution in [0.1, 0.15) is 27.7 Å². The molecule has 4 nitrogen and oxygen atoms in total. The number of rotatable bonds is 6. The number of ether oxygens (including phenoxy) is 2. The molecule has 152 valence electrons. The monoisotopic (exact) mass is 632 g/mol. The van der Waals surface area contributed by atoms with Crippen molar-refractivity contribution < 1.29 is 19.7 Å². The van der Waals surface area contributed by atoms with Gasteiger partial charge in [0, 0.05) is 20.8 Å². The predicted octanol–water partition coefficient (Wildman–Crippen LogP) is 5.83. The summed E-state index contributed by atoms with van der Waals surface area (Å²) in [4.78, 5) is 0. The highest BCUT2D eigenvalue weighted by Gasteiger charge is 2.43. The van der Waals surface area contributed by atoms with Crippen LogP contribution >= 0.6 is 63.7 Å². The fraction of sp³-hybridized carbons (Fsp3) is 0.579. The first kappa shape index (κ1) is 24.0. The maximum Gasteiger partial charge on any atom is 0.164 e. The standard InChI is InChI=1S/C19H24Br4O4/c1-11(24)26-18(22)7-5-13(15(20)9-18)17(3,4)14-6-8-19(23,10-16(14)21)27-12(2)25/h5-14,24-25H,1-4H3. The molecule has 0 bridgehead atoms. The maximum atomic E-state index is 9.54. The topological polar surface area (TPSA) is 58.9 Å². The van der Waals surface area contributed by atoms with Crippen LogP contribution in [0.2, 0.25) is 0 Å². The molecule has 0 spiro atoms. The predicted molar refractivity (Wildman–Crippen MR) is 122 cm³/mol. The van der Waals surface area contributed by atoms with Crippen molar-refractivity contribution in [2.75, 3.05) is 0 Å². The summed E-state index contributed by atoms with van der Waals surface area (Å²) in [6.07, 6.45) is 10.0. The molecule has 0 aromatic rings. The first-order valence-electron chi connectivity index (χ1n) is 8.53. The van der Waals surface area contributed by atoms with Gasteiger partial charge in [0.25, 0.3) is 0 Å². The van der Waals surface area contributed by atoms with E-state index in [1.54, 1.807) is 13.8 Å². The molecule has 2 aliphatic rings. The fourth-order valence-corrected chi connectivity index (χ4v) is 7.48. The van der Waals surface area contributed by atoms with E-state index in [0.29, 0.717) is 0 Å². The van der Waals surface area contributed by atoms with E-state index >= 15 is 0 Å². The second kappa shape index (κ2) is 8.84. The minimum absolute atomic E-state index is 0.0943. The Morgan fingerprint density at radius 1 is 0.889 bits per heavy atom. The molecule has 0 fully saturated rings. The summed E-state index contributed by atoms with van der Waals surface area (Å²) in [5.74, 6) is 0.189. The summed E-state index contributed by atoms with van der Waals surface area (Å²) in [6, 6.07) is 0. The minimum atomic E-state index is -0.894. The van der Waals surface area contributed by atoms with Crippen LogP contribution in [0.4, 0.5) is 0 Å². The van der Waals surface area contributed by atoms with E-state index in [9.17, 15) is 10.2 Å². The average molecular weight is 636 g/mol. The van der Waals surface area contributed by atoms with Crippen LogP contribution < -0.4 is 0 Å². The summed E-state index contributed by atoms with van der Waals surface area (Å²) < 4.78 is 11.3. The molecule has 2 rings (SSSR count). The van der Waals surface area contributed by atoms with Gasteiger partial charge in [-0.2, -0.15) is 0 Å². The zero-order chi connectivity index (χ0) is 20.6. The van der Waals surface area contributed by atoms with Crippen molar-refractivity contribution in [2.45, 2.75) is 49.3 Å². The van der Waals surface area contributed by atoms with Gasteiger partial charge in [0.15, 0.2) is 21.6 Å². The molecule has 8 heteroatoms. The highest BCUT2D eigenvalue weighted by atomic mass is 79.9. The largest absolute Gasteiger partial charge is 0.368 e. The van der Waals surface area contributed by atoms with Crippen LogP contribution in [0.15, 0.2) is 45.4 Å². The van der Waals surface area contributed by atoms with Crippen molar-refractivity contribution in [2.24, 2.45) is 17.3 Å². The molecule has 6 atom stereocenters. The second-order valence-electron chi connectivity index (χ2n) is 7.38. The molecule has 2 N–H and O–H groups in total. The van der Waals surface area contributed by atoms with Crippen LogP contribution in [-0.2, 0) is 9.47 Å². The van der Waals surface area contributed by atoms with E-state index in [2.05, 4.69) is 89.7 Å². The SMILES string of the molecule is CC(O)OC1(Br)C=CC(C(C)(C)C2C=CC(Br)(OC(C)O)C=C2Br)C(Br)=C1.